The molecule has 0 aromatic heterocycles. The first-order valence-corrected chi connectivity index (χ1v) is 7.03. The summed E-state index contributed by atoms with van der Waals surface area (Å²) in [6, 6.07) is 0.762. The quantitative estimate of drug-likeness (QED) is 0.735. The normalized spacial score (nSPS) is 24.5. The summed E-state index contributed by atoms with van der Waals surface area (Å²) >= 11 is 5.52. The van der Waals surface area contributed by atoms with Crippen molar-refractivity contribution in [2.75, 3.05) is 6.54 Å². The van der Waals surface area contributed by atoms with Crippen molar-refractivity contribution in [1.82, 2.24) is 5.32 Å². The van der Waals surface area contributed by atoms with Gasteiger partial charge in [0.05, 0.1) is 0 Å². The Morgan fingerprint density at radius 1 is 0.933 bits per heavy atom. The fourth-order valence-electron chi connectivity index (χ4n) is 2.94. The zero-order valence-corrected chi connectivity index (χ0v) is 10.5. The lowest BCUT2D eigenvalue weighted by atomic mass is 9.95. The summed E-state index contributed by atoms with van der Waals surface area (Å²) in [5, 5.41) is 3.66. The third kappa shape index (κ3) is 3.53. The molecule has 0 saturated heterocycles. The highest BCUT2D eigenvalue weighted by atomic mass is 32.1. The van der Waals surface area contributed by atoms with Crippen LogP contribution in [0.25, 0.3) is 0 Å². The minimum Gasteiger partial charge on any atom is -0.309 e. The molecular weight excluding hydrogens is 202 g/mol. The second kappa shape index (κ2) is 5.95. The minimum absolute atomic E-state index is 0.760. The Balaban J connectivity index is 1.65. The van der Waals surface area contributed by atoms with Crippen LogP contribution in [0.15, 0.2) is 0 Å². The van der Waals surface area contributed by atoms with Gasteiger partial charge in [0.1, 0.15) is 0 Å². The van der Waals surface area contributed by atoms with Crippen LogP contribution >= 0.6 is 12.2 Å². The predicted molar refractivity (Wildman–Crippen MR) is 69.4 cm³/mol. The summed E-state index contributed by atoms with van der Waals surface area (Å²) in [6.45, 7) is 1.00. The van der Waals surface area contributed by atoms with E-state index in [-0.39, 0.29) is 0 Å². The molecule has 2 aliphatic carbocycles. The van der Waals surface area contributed by atoms with Gasteiger partial charge in [0.15, 0.2) is 0 Å². The van der Waals surface area contributed by atoms with E-state index in [1.165, 1.54) is 62.7 Å². The van der Waals surface area contributed by atoms with Crippen molar-refractivity contribution >= 4 is 17.1 Å². The molecule has 2 aliphatic rings. The Kier molecular flexibility index (Phi) is 4.58. The minimum atomic E-state index is 0.760. The number of hydrogen-bond acceptors (Lipinski definition) is 2. The number of nitrogens with one attached hydrogen (secondary N) is 1. The maximum atomic E-state index is 5.52. The van der Waals surface area contributed by atoms with Gasteiger partial charge in [0, 0.05) is 17.5 Å². The number of thiocarbonyl (C=S) groups is 1. The van der Waals surface area contributed by atoms with E-state index < -0.39 is 0 Å². The van der Waals surface area contributed by atoms with E-state index in [9.17, 15) is 0 Å². The Bertz CT molecular complexity index is 203. The number of hydrogen-bond donors (Lipinski definition) is 1. The lowest BCUT2D eigenvalue weighted by Gasteiger charge is -2.24. The van der Waals surface area contributed by atoms with E-state index in [0.717, 1.165) is 18.5 Å². The van der Waals surface area contributed by atoms with Crippen molar-refractivity contribution < 1.29 is 0 Å². The molecule has 0 aromatic carbocycles. The zero-order chi connectivity index (χ0) is 10.5. The molecule has 1 N–H and O–H groups in total. The Hall–Kier alpha value is 0.0500. The molecule has 15 heavy (non-hydrogen) atoms. The summed E-state index contributed by atoms with van der Waals surface area (Å²) in [5.74, 6) is 0.760. The first-order valence-electron chi connectivity index (χ1n) is 6.62. The summed E-state index contributed by atoms with van der Waals surface area (Å²) in [7, 11) is 0. The van der Waals surface area contributed by atoms with Crippen molar-refractivity contribution in [2.45, 2.75) is 63.8 Å². The van der Waals surface area contributed by atoms with E-state index in [2.05, 4.69) is 5.32 Å². The van der Waals surface area contributed by atoms with Crippen LogP contribution in [0.1, 0.15) is 57.8 Å². The molecule has 2 saturated carbocycles. The zero-order valence-electron chi connectivity index (χ0n) is 9.63. The van der Waals surface area contributed by atoms with Gasteiger partial charge in [0.2, 0.25) is 0 Å². The third-order valence-corrected chi connectivity index (χ3v) is 4.46. The highest BCUT2D eigenvalue weighted by molar-refractivity contribution is 7.80. The van der Waals surface area contributed by atoms with Crippen molar-refractivity contribution in [3.63, 3.8) is 0 Å². The van der Waals surface area contributed by atoms with Gasteiger partial charge >= 0.3 is 0 Å². The van der Waals surface area contributed by atoms with Crippen LogP contribution in [0.5, 0.6) is 0 Å². The molecular formula is C13H23NS. The Morgan fingerprint density at radius 2 is 1.53 bits per heavy atom. The second-order valence-corrected chi connectivity index (χ2v) is 5.69. The molecule has 0 radical (unpaired) electrons. The van der Waals surface area contributed by atoms with Gasteiger partial charge in [-0.25, -0.2) is 0 Å². The Morgan fingerprint density at radius 3 is 2.20 bits per heavy atom. The van der Waals surface area contributed by atoms with Crippen LogP contribution in [0, 0.1) is 5.92 Å². The van der Waals surface area contributed by atoms with Gasteiger partial charge in [0.25, 0.3) is 0 Å². The lowest BCUT2D eigenvalue weighted by molar-refractivity contribution is 0.386. The summed E-state index contributed by atoms with van der Waals surface area (Å²) in [6.07, 6.45) is 12.5. The van der Waals surface area contributed by atoms with Crippen LogP contribution in [-0.4, -0.2) is 17.5 Å². The van der Waals surface area contributed by atoms with Crippen LogP contribution < -0.4 is 5.32 Å². The van der Waals surface area contributed by atoms with E-state index in [1.807, 2.05) is 0 Å². The molecule has 2 heteroatoms. The van der Waals surface area contributed by atoms with Crippen LogP contribution in [-0.2, 0) is 0 Å². The van der Waals surface area contributed by atoms with Gasteiger partial charge in [-0.3, -0.25) is 0 Å². The van der Waals surface area contributed by atoms with Gasteiger partial charge in [-0.2, -0.15) is 0 Å². The first kappa shape index (κ1) is 11.5. The molecule has 0 aromatic rings. The van der Waals surface area contributed by atoms with Crippen molar-refractivity contribution in [3.8, 4) is 0 Å². The lowest BCUT2D eigenvalue weighted by Crippen LogP contribution is -2.36. The maximum absolute atomic E-state index is 5.52. The predicted octanol–water partition coefficient (Wildman–Crippen LogP) is 3.47. The van der Waals surface area contributed by atoms with E-state index in [4.69, 9.17) is 12.2 Å². The molecule has 0 atom stereocenters. The summed E-state index contributed by atoms with van der Waals surface area (Å²) in [5.41, 5.74) is 0. The monoisotopic (exact) mass is 225 g/mol. The van der Waals surface area contributed by atoms with E-state index in [0.29, 0.717) is 0 Å². The fourth-order valence-corrected chi connectivity index (χ4v) is 3.26. The van der Waals surface area contributed by atoms with Gasteiger partial charge in [-0.1, -0.05) is 44.3 Å². The average Bonchev–Trinajstić information content (AvgIpc) is 2.81. The van der Waals surface area contributed by atoms with E-state index >= 15 is 0 Å². The van der Waals surface area contributed by atoms with Crippen molar-refractivity contribution in [2.24, 2.45) is 5.92 Å². The standard InChI is InChI=1S/C13H23NS/c15-13(11-6-4-5-7-11)10-14-12-8-2-1-3-9-12/h11-12,14H,1-10H2. The molecule has 0 unspecified atom stereocenters. The highest BCUT2D eigenvalue weighted by Crippen LogP contribution is 2.26. The SMILES string of the molecule is S=C(CNC1CCCCC1)C1CCCC1. The van der Waals surface area contributed by atoms with Crippen LogP contribution in [0.4, 0.5) is 0 Å². The van der Waals surface area contributed by atoms with Gasteiger partial charge < -0.3 is 5.32 Å². The van der Waals surface area contributed by atoms with Gasteiger partial charge in [-0.15, -0.1) is 0 Å². The third-order valence-electron chi connectivity index (χ3n) is 3.98. The smallest absolute Gasteiger partial charge is 0.0274 e. The summed E-state index contributed by atoms with van der Waals surface area (Å²) in [4.78, 5) is 1.30. The second-order valence-electron chi connectivity index (χ2n) is 5.16. The molecule has 0 bridgehead atoms. The van der Waals surface area contributed by atoms with Crippen LogP contribution in [0.2, 0.25) is 0 Å². The average molecular weight is 225 g/mol. The number of rotatable bonds is 4. The largest absolute Gasteiger partial charge is 0.309 e. The molecule has 86 valence electrons. The summed E-state index contributed by atoms with van der Waals surface area (Å²) < 4.78 is 0. The van der Waals surface area contributed by atoms with Crippen LogP contribution in [0.3, 0.4) is 0 Å². The molecule has 0 spiro atoms. The topological polar surface area (TPSA) is 12.0 Å². The van der Waals surface area contributed by atoms with E-state index in [1.54, 1.807) is 0 Å². The van der Waals surface area contributed by atoms with Gasteiger partial charge in [-0.05, 0) is 31.6 Å². The van der Waals surface area contributed by atoms with Crippen molar-refractivity contribution in [3.05, 3.63) is 0 Å². The molecule has 2 rings (SSSR count). The molecule has 0 aliphatic heterocycles. The molecule has 2 fully saturated rings. The fraction of sp³-hybridized carbons (Fsp3) is 0.923. The molecule has 0 amide bonds. The molecule has 0 heterocycles. The maximum Gasteiger partial charge on any atom is 0.0274 e. The Labute approximate surface area is 99.0 Å². The van der Waals surface area contributed by atoms with Crippen molar-refractivity contribution in [1.29, 1.82) is 0 Å². The molecule has 1 nitrogen and oxygen atoms in total. The highest BCUT2D eigenvalue weighted by Gasteiger charge is 2.20. The first-order chi connectivity index (χ1) is 7.36.